The van der Waals surface area contributed by atoms with Crippen LogP contribution in [-0.2, 0) is 10.0 Å². The zero-order valence-electron chi connectivity index (χ0n) is 10.2. The summed E-state index contributed by atoms with van der Waals surface area (Å²) in [5, 5.41) is 3.02. The maximum absolute atomic E-state index is 13.6. The number of nitrogens with zero attached hydrogens (tertiary/aromatic N) is 1. The summed E-state index contributed by atoms with van der Waals surface area (Å²) in [4.78, 5) is -1.09. The number of halogens is 3. The first-order valence-electron chi connectivity index (χ1n) is 5.70. The lowest BCUT2D eigenvalue weighted by molar-refractivity contribution is 0.307. The topological polar surface area (TPSA) is 49.4 Å². The second-order valence-electron chi connectivity index (χ2n) is 4.42. The van der Waals surface area contributed by atoms with E-state index in [1.807, 2.05) is 0 Å². The van der Waals surface area contributed by atoms with Gasteiger partial charge in [-0.3, -0.25) is 0 Å². The Balaban J connectivity index is 2.45. The van der Waals surface area contributed by atoms with E-state index in [-0.39, 0.29) is 19.1 Å². The normalized spacial score (nSPS) is 21.6. The van der Waals surface area contributed by atoms with E-state index >= 15 is 0 Å². The highest BCUT2D eigenvalue weighted by Gasteiger charge is 2.33. The van der Waals surface area contributed by atoms with E-state index in [1.54, 1.807) is 6.92 Å². The van der Waals surface area contributed by atoms with Gasteiger partial charge in [0, 0.05) is 37.8 Å². The van der Waals surface area contributed by atoms with E-state index in [1.165, 1.54) is 0 Å². The molecule has 0 aromatic heterocycles. The number of hydrogen-bond donors (Lipinski definition) is 1. The molecular weight excluding hydrogens is 281 g/mol. The van der Waals surface area contributed by atoms with Gasteiger partial charge in [-0.2, -0.15) is 4.31 Å². The van der Waals surface area contributed by atoms with Crippen molar-refractivity contribution in [2.24, 2.45) is 0 Å². The first-order chi connectivity index (χ1) is 8.82. The van der Waals surface area contributed by atoms with Crippen LogP contribution >= 0.6 is 0 Å². The minimum absolute atomic E-state index is 0.110. The molecule has 19 heavy (non-hydrogen) atoms. The molecule has 0 radical (unpaired) electrons. The summed E-state index contributed by atoms with van der Waals surface area (Å²) in [6.07, 6.45) is 0. The predicted molar refractivity (Wildman–Crippen MR) is 62.5 cm³/mol. The van der Waals surface area contributed by atoms with Gasteiger partial charge in [0.15, 0.2) is 4.90 Å². The lowest BCUT2D eigenvalue weighted by Gasteiger charge is -2.31. The SMILES string of the molecule is C[C@H]1CN(S(=O)(=O)c2c(F)cc(F)cc2F)CCN1. The Labute approximate surface area is 109 Å². The average molecular weight is 294 g/mol. The Kier molecular flexibility index (Phi) is 3.84. The summed E-state index contributed by atoms with van der Waals surface area (Å²) in [7, 11) is -4.30. The number of benzene rings is 1. The molecule has 0 spiro atoms. The highest BCUT2D eigenvalue weighted by Crippen LogP contribution is 2.24. The lowest BCUT2D eigenvalue weighted by atomic mass is 10.3. The highest BCUT2D eigenvalue weighted by atomic mass is 32.2. The Morgan fingerprint density at radius 3 is 2.37 bits per heavy atom. The minimum Gasteiger partial charge on any atom is -0.312 e. The monoisotopic (exact) mass is 294 g/mol. The van der Waals surface area contributed by atoms with Gasteiger partial charge in [0.25, 0.3) is 0 Å². The average Bonchev–Trinajstić information content (AvgIpc) is 2.26. The smallest absolute Gasteiger partial charge is 0.249 e. The molecule has 0 bridgehead atoms. The summed E-state index contributed by atoms with van der Waals surface area (Å²) < 4.78 is 65.3. The van der Waals surface area contributed by atoms with Crippen molar-refractivity contribution in [1.82, 2.24) is 9.62 Å². The van der Waals surface area contributed by atoms with Gasteiger partial charge in [0.05, 0.1) is 0 Å². The molecule has 106 valence electrons. The van der Waals surface area contributed by atoms with E-state index in [2.05, 4.69) is 5.32 Å². The van der Waals surface area contributed by atoms with E-state index in [0.29, 0.717) is 18.7 Å². The molecule has 1 atom stereocenters. The van der Waals surface area contributed by atoms with Crippen molar-refractivity contribution in [3.8, 4) is 0 Å². The quantitative estimate of drug-likeness (QED) is 0.888. The van der Waals surface area contributed by atoms with Crippen LogP contribution in [0.4, 0.5) is 13.2 Å². The predicted octanol–water partition coefficient (Wildman–Crippen LogP) is 1.09. The maximum atomic E-state index is 13.6. The lowest BCUT2D eigenvalue weighted by Crippen LogP contribution is -2.51. The second-order valence-corrected chi connectivity index (χ2v) is 6.29. The summed E-state index contributed by atoms with van der Waals surface area (Å²) in [6.45, 7) is 2.38. The zero-order valence-corrected chi connectivity index (χ0v) is 11.0. The number of hydrogen-bond acceptors (Lipinski definition) is 3. The molecule has 0 saturated carbocycles. The molecule has 0 unspecified atom stereocenters. The second kappa shape index (κ2) is 5.10. The fourth-order valence-corrected chi connectivity index (χ4v) is 3.64. The molecule has 1 aliphatic heterocycles. The van der Waals surface area contributed by atoms with Gasteiger partial charge in [-0.25, -0.2) is 21.6 Å². The van der Waals surface area contributed by atoms with E-state index < -0.39 is 32.4 Å². The molecule has 1 heterocycles. The Hall–Kier alpha value is -1.12. The van der Waals surface area contributed by atoms with Crippen LogP contribution in [0.25, 0.3) is 0 Å². The van der Waals surface area contributed by atoms with Crippen LogP contribution in [0, 0.1) is 17.5 Å². The number of nitrogens with one attached hydrogen (secondary N) is 1. The molecule has 1 fully saturated rings. The van der Waals surface area contributed by atoms with Gasteiger partial charge >= 0.3 is 0 Å². The largest absolute Gasteiger partial charge is 0.312 e. The standard InChI is InChI=1S/C11H13F3N2O2S/c1-7-6-16(3-2-15-7)19(17,18)11-9(13)4-8(12)5-10(11)14/h4-5,7,15H,2-3,6H2,1H3/t7-/m0/s1. The van der Waals surface area contributed by atoms with Crippen molar-refractivity contribution in [2.45, 2.75) is 17.9 Å². The molecule has 1 aromatic carbocycles. The first-order valence-corrected chi connectivity index (χ1v) is 7.14. The fraction of sp³-hybridized carbons (Fsp3) is 0.455. The van der Waals surface area contributed by atoms with Gasteiger partial charge in [0.2, 0.25) is 10.0 Å². The van der Waals surface area contributed by atoms with Crippen LogP contribution in [0.1, 0.15) is 6.92 Å². The third-order valence-corrected chi connectivity index (χ3v) is 4.81. The van der Waals surface area contributed by atoms with Crippen LogP contribution in [0.15, 0.2) is 17.0 Å². The Morgan fingerprint density at radius 1 is 1.26 bits per heavy atom. The van der Waals surface area contributed by atoms with Crippen molar-refractivity contribution in [1.29, 1.82) is 0 Å². The molecule has 1 aliphatic rings. The van der Waals surface area contributed by atoms with Crippen molar-refractivity contribution in [2.75, 3.05) is 19.6 Å². The molecule has 1 saturated heterocycles. The van der Waals surface area contributed by atoms with Crippen LogP contribution < -0.4 is 5.32 Å². The number of rotatable bonds is 2. The molecule has 1 N–H and O–H groups in total. The van der Waals surface area contributed by atoms with Crippen LogP contribution in [-0.4, -0.2) is 38.4 Å². The van der Waals surface area contributed by atoms with Gasteiger partial charge in [-0.1, -0.05) is 0 Å². The summed E-state index contributed by atoms with van der Waals surface area (Å²) >= 11 is 0. The van der Waals surface area contributed by atoms with Gasteiger partial charge in [-0.15, -0.1) is 0 Å². The Morgan fingerprint density at radius 2 is 1.84 bits per heavy atom. The molecule has 1 aromatic rings. The van der Waals surface area contributed by atoms with Crippen molar-refractivity contribution in [3.05, 3.63) is 29.6 Å². The molecule has 2 rings (SSSR count). The van der Waals surface area contributed by atoms with Gasteiger partial charge in [0.1, 0.15) is 17.5 Å². The third kappa shape index (κ3) is 2.75. The van der Waals surface area contributed by atoms with Gasteiger partial charge in [-0.05, 0) is 6.92 Å². The number of piperazine rings is 1. The van der Waals surface area contributed by atoms with Crippen molar-refractivity contribution < 1.29 is 21.6 Å². The van der Waals surface area contributed by atoms with Crippen LogP contribution in [0.5, 0.6) is 0 Å². The Bertz CT molecular complexity index is 569. The van der Waals surface area contributed by atoms with Crippen molar-refractivity contribution in [3.63, 3.8) is 0 Å². The first kappa shape index (κ1) is 14.3. The number of sulfonamides is 1. The summed E-state index contributed by atoms with van der Waals surface area (Å²) in [5.41, 5.74) is 0. The summed E-state index contributed by atoms with van der Waals surface area (Å²) in [5.74, 6) is -3.98. The van der Waals surface area contributed by atoms with Crippen LogP contribution in [0.3, 0.4) is 0 Å². The van der Waals surface area contributed by atoms with E-state index in [9.17, 15) is 21.6 Å². The van der Waals surface area contributed by atoms with Crippen LogP contribution in [0.2, 0.25) is 0 Å². The molecular formula is C11H13F3N2O2S. The highest BCUT2D eigenvalue weighted by molar-refractivity contribution is 7.89. The van der Waals surface area contributed by atoms with E-state index in [0.717, 1.165) is 4.31 Å². The molecule has 0 aliphatic carbocycles. The van der Waals surface area contributed by atoms with E-state index in [4.69, 9.17) is 0 Å². The zero-order chi connectivity index (χ0) is 14.2. The van der Waals surface area contributed by atoms with Gasteiger partial charge < -0.3 is 5.32 Å². The molecule has 4 nitrogen and oxygen atoms in total. The fourth-order valence-electron chi connectivity index (χ4n) is 2.02. The molecule has 8 heteroatoms. The maximum Gasteiger partial charge on any atom is 0.249 e. The minimum atomic E-state index is -4.30. The van der Waals surface area contributed by atoms with Crippen molar-refractivity contribution >= 4 is 10.0 Å². The summed E-state index contributed by atoms with van der Waals surface area (Å²) in [6, 6.07) is 0.610. The third-order valence-electron chi connectivity index (χ3n) is 2.89. The molecule has 0 amide bonds.